The maximum atomic E-state index is 12.3. The minimum Gasteiger partial charge on any atom is -0.333 e. The zero-order chi connectivity index (χ0) is 16.4. The Labute approximate surface area is 138 Å². The lowest BCUT2D eigenvalue weighted by atomic mass is 10.2. The Kier molecular flexibility index (Phi) is 4.25. The first-order valence-electron chi connectivity index (χ1n) is 7.33. The van der Waals surface area contributed by atoms with E-state index in [9.17, 15) is 4.79 Å². The summed E-state index contributed by atoms with van der Waals surface area (Å²) in [6, 6.07) is 7.94. The fourth-order valence-corrected chi connectivity index (χ4v) is 3.30. The molecule has 0 aliphatic rings. The van der Waals surface area contributed by atoms with Crippen molar-refractivity contribution in [3.63, 3.8) is 0 Å². The molecule has 0 saturated carbocycles. The summed E-state index contributed by atoms with van der Waals surface area (Å²) in [5.74, 6) is -0.0550. The number of benzene rings is 1. The summed E-state index contributed by atoms with van der Waals surface area (Å²) in [6.07, 6.45) is 6.93. The molecule has 3 rings (SSSR count). The molecule has 3 aromatic rings. The van der Waals surface area contributed by atoms with Crippen molar-refractivity contribution in [2.24, 2.45) is 7.05 Å². The molecule has 0 saturated heterocycles. The van der Waals surface area contributed by atoms with Gasteiger partial charge < -0.3 is 4.90 Å². The number of para-hydroxylation sites is 1. The van der Waals surface area contributed by atoms with Crippen LogP contribution in [0.2, 0.25) is 0 Å². The number of hydrogen-bond donors (Lipinski definition) is 0. The van der Waals surface area contributed by atoms with Gasteiger partial charge in [-0.15, -0.1) is 11.3 Å². The van der Waals surface area contributed by atoms with Crippen LogP contribution in [-0.2, 0) is 11.8 Å². The van der Waals surface area contributed by atoms with Gasteiger partial charge in [0, 0.05) is 31.9 Å². The van der Waals surface area contributed by atoms with Gasteiger partial charge in [-0.25, -0.2) is 4.98 Å². The van der Waals surface area contributed by atoms with Crippen molar-refractivity contribution in [3.8, 4) is 0 Å². The maximum absolute atomic E-state index is 12.3. The molecule has 0 bridgehead atoms. The van der Waals surface area contributed by atoms with Gasteiger partial charge in [0.2, 0.25) is 5.91 Å². The van der Waals surface area contributed by atoms with Crippen molar-refractivity contribution < 1.29 is 4.79 Å². The fraction of sp³-hybridized carbons (Fsp3) is 0.235. The summed E-state index contributed by atoms with van der Waals surface area (Å²) in [4.78, 5) is 18.7. The molecule has 0 aliphatic carbocycles. The van der Waals surface area contributed by atoms with Crippen LogP contribution in [0.1, 0.15) is 23.5 Å². The average Bonchev–Trinajstić information content (AvgIpc) is 3.16. The van der Waals surface area contributed by atoms with Crippen LogP contribution in [0.3, 0.4) is 0 Å². The van der Waals surface area contributed by atoms with E-state index in [0.717, 1.165) is 20.8 Å². The first-order chi connectivity index (χ1) is 11.0. The number of likely N-dealkylation sites (N-methyl/N-ethyl adjacent to an activating group) is 1. The number of carbonyl (C=O) groups is 1. The van der Waals surface area contributed by atoms with E-state index in [-0.39, 0.29) is 11.9 Å². The lowest BCUT2D eigenvalue weighted by Crippen LogP contribution is -2.27. The number of hydrogen-bond acceptors (Lipinski definition) is 4. The number of aromatic nitrogens is 3. The number of amides is 1. The van der Waals surface area contributed by atoms with Gasteiger partial charge >= 0.3 is 0 Å². The number of aryl methyl sites for hydroxylation is 1. The highest BCUT2D eigenvalue weighted by Crippen LogP contribution is 2.28. The standard InChI is InChI=1S/C17H18N4OS/c1-12(17-19-14-6-4-5-7-15(14)23-17)21(3)16(22)9-8-13-10-18-20(2)11-13/h4-12H,1-3H3. The second-order valence-corrected chi connectivity index (χ2v) is 6.49. The Balaban J connectivity index is 1.74. The van der Waals surface area contributed by atoms with E-state index < -0.39 is 0 Å². The zero-order valence-electron chi connectivity index (χ0n) is 13.3. The second kappa shape index (κ2) is 6.34. The van der Waals surface area contributed by atoms with Crippen molar-refractivity contribution in [2.75, 3.05) is 7.05 Å². The molecule has 0 spiro atoms. The Morgan fingerprint density at radius 1 is 1.39 bits per heavy atom. The number of carbonyl (C=O) groups excluding carboxylic acids is 1. The van der Waals surface area contributed by atoms with Crippen LogP contribution >= 0.6 is 11.3 Å². The molecule has 6 heteroatoms. The smallest absolute Gasteiger partial charge is 0.246 e. The van der Waals surface area contributed by atoms with E-state index in [1.807, 2.05) is 44.4 Å². The minimum absolute atomic E-state index is 0.0550. The SMILES string of the molecule is CC(c1nc2ccccc2s1)N(C)C(=O)C=Cc1cnn(C)c1. The normalized spacial score (nSPS) is 12.8. The second-order valence-electron chi connectivity index (χ2n) is 5.43. The molecule has 0 fully saturated rings. The Hall–Kier alpha value is -2.47. The van der Waals surface area contributed by atoms with E-state index in [1.54, 1.807) is 46.3 Å². The molecular weight excluding hydrogens is 308 g/mol. The maximum Gasteiger partial charge on any atom is 0.246 e. The molecule has 1 amide bonds. The van der Waals surface area contributed by atoms with Crippen molar-refractivity contribution in [2.45, 2.75) is 13.0 Å². The molecule has 2 aromatic heterocycles. The minimum atomic E-state index is -0.0709. The van der Waals surface area contributed by atoms with Gasteiger partial charge in [-0.3, -0.25) is 9.48 Å². The van der Waals surface area contributed by atoms with Gasteiger partial charge in [-0.05, 0) is 25.1 Å². The molecule has 2 heterocycles. The van der Waals surface area contributed by atoms with E-state index in [1.165, 1.54) is 0 Å². The molecule has 5 nitrogen and oxygen atoms in total. The predicted molar refractivity (Wildman–Crippen MR) is 93.0 cm³/mol. The summed E-state index contributed by atoms with van der Waals surface area (Å²) in [7, 11) is 3.65. The molecule has 1 aromatic carbocycles. The first-order valence-corrected chi connectivity index (χ1v) is 8.15. The molecular formula is C17H18N4OS. The Morgan fingerprint density at radius 3 is 2.87 bits per heavy atom. The van der Waals surface area contributed by atoms with Crippen molar-refractivity contribution in [3.05, 3.63) is 53.3 Å². The van der Waals surface area contributed by atoms with Crippen molar-refractivity contribution >= 4 is 33.5 Å². The number of rotatable bonds is 4. The highest BCUT2D eigenvalue weighted by Gasteiger charge is 2.19. The average molecular weight is 326 g/mol. The number of thiazole rings is 1. The quantitative estimate of drug-likeness (QED) is 0.692. The summed E-state index contributed by atoms with van der Waals surface area (Å²) in [5, 5.41) is 5.02. The van der Waals surface area contributed by atoms with E-state index in [0.29, 0.717) is 0 Å². The predicted octanol–water partition coefficient (Wildman–Crippen LogP) is 3.26. The van der Waals surface area contributed by atoms with E-state index in [4.69, 9.17) is 0 Å². The third-order valence-electron chi connectivity index (χ3n) is 3.74. The molecule has 1 atom stereocenters. The van der Waals surface area contributed by atoms with Gasteiger partial charge in [0.25, 0.3) is 0 Å². The molecule has 23 heavy (non-hydrogen) atoms. The first kappa shape index (κ1) is 15.4. The van der Waals surface area contributed by atoms with E-state index in [2.05, 4.69) is 10.1 Å². The van der Waals surface area contributed by atoms with Crippen LogP contribution in [0, 0.1) is 0 Å². The summed E-state index contributed by atoms with van der Waals surface area (Å²) < 4.78 is 2.85. The molecule has 0 radical (unpaired) electrons. The third kappa shape index (κ3) is 3.32. The monoisotopic (exact) mass is 326 g/mol. The topological polar surface area (TPSA) is 51.0 Å². The largest absolute Gasteiger partial charge is 0.333 e. The summed E-state index contributed by atoms with van der Waals surface area (Å²) in [5.41, 5.74) is 1.88. The van der Waals surface area contributed by atoms with Gasteiger partial charge in [-0.1, -0.05) is 12.1 Å². The van der Waals surface area contributed by atoms with Gasteiger partial charge in [0.1, 0.15) is 5.01 Å². The van der Waals surface area contributed by atoms with Gasteiger partial charge in [0.05, 0.1) is 22.5 Å². The van der Waals surface area contributed by atoms with E-state index >= 15 is 0 Å². The van der Waals surface area contributed by atoms with Gasteiger partial charge in [0.15, 0.2) is 0 Å². The highest BCUT2D eigenvalue weighted by atomic mass is 32.1. The zero-order valence-corrected chi connectivity index (χ0v) is 14.1. The molecule has 1 unspecified atom stereocenters. The van der Waals surface area contributed by atoms with Crippen LogP contribution in [0.4, 0.5) is 0 Å². The number of nitrogens with zero attached hydrogens (tertiary/aromatic N) is 4. The molecule has 0 N–H and O–H groups in total. The van der Waals surface area contributed by atoms with Crippen molar-refractivity contribution in [1.82, 2.24) is 19.7 Å². The third-order valence-corrected chi connectivity index (χ3v) is 4.95. The Morgan fingerprint density at radius 2 is 2.17 bits per heavy atom. The summed E-state index contributed by atoms with van der Waals surface area (Å²) >= 11 is 1.63. The van der Waals surface area contributed by atoms with Crippen LogP contribution in [-0.4, -0.2) is 32.6 Å². The summed E-state index contributed by atoms with van der Waals surface area (Å²) in [6.45, 7) is 1.99. The fourth-order valence-electron chi connectivity index (χ4n) is 2.24. The molecule has 0 aliphatic heterocycles. The lowest BCUT2D eigenvalue weighted by molar-refractivity contribution is -0.126. The number of fused-ring (bicyclic) bond motifs is 1. The van der Waals surface area contributed by atoms with Crippen LogP contribution in [0.15, 0.2) is 42.7 Å². The van der Waals surface area contributed by atoms with Crippen LogP contribution in [0.25, 0.3) is 16.3 Å². The highest BCUT2D eigenvalue weighted by molar-refractivity contribution is 7.18. The van der Waals surface area contributed by atoms with Crippen molar-refractivity contribution in [1.29, 1.82) is 0 Å². The van der Waals surface area contributed by atoms with Gasteiger partial charge in [-0.2, -0.15) is 5.10 Å². The lowest BCUT2D eigenvalue weighted by Gasteiger charge is -2.21. The Bertz CT molecular complexity index is 831. The van der Waals surface area contributed by atoms with Crippen LogP contribution < -0.4 is 0 Å². The molecule has 118 valence electrons. The van der Waals surface area contributed by atoms with Crippen LogP contribution in [0.5, 0.6) is 0 Å².